The van der Waals surface area contributed by atoms with Crippen LogP contribution in [-0.2, 0) is 23.9 Å². The lowest BCUT2D eigenvalue weighted by Crippen LogP contribution is -2.59. The fraction of sp³-hybridized carbons (Fsp3) is 0.625. The van der Waals surface area contributed by atoms with Crippen LogP contribution in [0.15, 0.2) is 34.2 Å². The number of hydrogen-bond acceptors (Lipinski definition) is 8. The summed E-state index contributed by atoms with van der Waals surface area (Å²) in [7, 11) is 1.17. The third-order valence-corrected chi connectivity index (χ3v) is 8.91. The van der Waals surface area contributed by atoms with Gasteiger partial charge >= 0.3 is 11.9 Å². The van der Waals surface area contributed by atoms with Gasteiger partial charge in [0.2, 0.25) is 0 Å². The Balaban J connectivity index is 1.73. The monoisotopic (exact) mass is 444 g/mol. The van der Waals surface area contributed by atoms with Crippen LogP contribution in [0, 0.1) is 28.1 Å². The summed E-state index contributed by atoms with van der Waals surface area (Å²) in [5.41, 5.74) is -0.941. The number of aliphatic hydroxyl groups is 2. The number of carbonyl (C=O) groups excluding carboxylic acids is 3. The molecule has 0 spiro atoms. The van der Waals surface area contributed by atoms with Crippen molar-refractivity contribution >= 4 is 17.7 Å². The summed E-state index contributed by atoms with van der Waals surface area (Å²) in [6.07, 6.45) is 0.798. The molecule has 1 saturated heterocycles. The Labute approximate surface area is 185 Å². The van der Waals surface area contributed by atoms with E-state index < -0.39 is 58.3 Å². The van der Waals surface area contributed by atoms with Crippen LogP contribution in [0.5, 0.6) is 0 Å². The van der Waals surface area contributed by atoms with Crippen LogP contribution in [0.25, 0.3) is 0 Å². The maximum Gasteiger partial charge on any atom is 0.335 e. The minimum absolute atomic E-state index is 0.0119. The van der Waals surface area contributed by atoms with E-state index in [4.69, 9.17) is 13.9 Å². The molecule has 2 N–H and O–H groups in total. The van der Waals surface area contributed by atoms with Crippen LogP contribution in [0.1, 0.15) is 51.7 Å². The van der Waals surface area contributed by atoms with E-state index in [-0.39, 0.29) is 12.2 Å². The van der Waals surface area contributed by atoms with Crippen LogP contribution in [0.3, 0.4) is 0 Å². The molecule has 5 rings (SSSR count). The number of hydrogen-bond donors (Lipinski definition) is 2. The van der Waals surface area contributed by atoms with Gasteiger partial charge in [-0.05, 0) is 30.4 Å². The van der Waals surface area contributed by atoms with Crippen molar-refractivity contribution < 1.29 is 38.5 Å². The Kier molecular flexibility index (Phi) is 4.38. The number of aliphatic hydroxyl groups excluding tert-OH is 2. The molecule has 8 heteroatoms. The number of furan rings is 1. The molecule has 3 aliphatic carbocycles. The van der Waals surface area contributed by atoms with Crippen molar-refractivity contribution in [3.05, 3.63) is 35.3 Å². The summed E-state index contributed by atoms with van der Waals surface area (Å²) in [5.74, 6) is -2.99. The van der Waals surface area contributed by atoms with Crippen molar-refractivity contribution in [2.45, 2.75) is 58.3 Å². The molecule has 0 aromatic carbocycles. The molecule has 4 aliphatic rings. The highest BCUT2D eigenvalue weighted by Gasteiger charge is 2.79. The topological polar surface area (TPSA) is 123 Å². The molecular formula is C24H28O8. The van der Waals surface area contributed by atoms with Gasteiger partial charge in [-0.25, -0.2) is 4.79 Å². The number of methoxy groups -OCH3 is 1. The quantitative estimate of drug-likeness (QED) is 0.537. The molecule has 7 unspecified atom stereocenters. The van der Waals surface area contributed by atoms with E-state index in [2.05, 4.69) is 0 Å². The Bertz CT molecular complexity index is 1040. The number of rotatable bonds is 3. The summed E-state index contributed by atoms with van der Waals surface area (Å²) >= 11 is 0. The average molecular weight is 444 g/mol. The van der Waals surface area contributed by atoms with E-state index in [9.17, 15) is 24.6 Å². The lowest BCUT2D eigenvalue weighted by atomic mass is 9.49. The number of ketones is 1. The van der Waals surface area contributed by atoms with Gasteiger partial charge in [-0.2, -0.15) is 0 Å². The van der Waals surface area contributed by atoms with Crippen LogP contribution in [0.4, 0.5) is 0 Å². The summed E-state index contributed by atoms with van der Waals surface area (Å²) in [6, 6.07) is 1.76. The van der Waals surface area contributed by atoms with Crippen LogP contribution >= 0.6 is 0 Å². The Morgan fingerprint density at radius 2 is 2.00 bits per heavy atom. The minimum atomic E-state index is -1.71. The fourth-order valence-corrected chi connectivity index (χ4v) is 7.36. The minimum Gasteiger partial charge on any atom is -0.472 e. The predicted octanol–water partition coefficient (Wildman–Crippen LogP) is 2.10. The Morgan fingerprint density at radius 1 is 1.28 bits per heavy atom. The molecule has 0 amide bonds. The van der Waals surface area contributed by atoms with Gasteiger partial charge in [0.15, 0.2) is 11.9 Å². The van der Waals surface area contributed by atoms with Gasteiger partial charge in [0.1, 0.15) is 6.10 Å². The average Bonchev–Trinajstić information content (AvgIpc) is 3.40. The Hall–Kier alpha value is -2.45. The van der Waals surface area contributed by atoms with Crippen molar-refractivity contribution in [3.8, 4) is 0 Å². The number of esters is 2. The normalized spacial score (nSPS) is 40.6. The van der Waals surface area contributed by atoms with E-state index >= 15 is 0 Å². The van der Waals surface area contributed by atoms with E-state index in [1.165, 1.54) is 13.4 Å². The molecule has 0 radical (unpaired) electrons. The molecular weight excluding hydrogens is 416 g/mol. The van der Waals surface area contributed by atoms with Gasteiger partial charge in [-0.1, -0.05) is 26.3 Å². The van der Waals surface area contributed by atoms with Crippen LogP contribution in [-0.4, -0.2) is 47.3 Å². The second-order valence-corrected chi connectivity index (χ2v) is 10.3. The van der Waals surface area contributed by atoms with Crippen molar-refractivity contribution in [2.24, 2.45) is 28.1 Å². The van der Waals surface area contributed by atoms with Gasteiger partial charge in [0, 0.05) is 16.4 Å². The SMILES string of the molecule is COC(=O)C(O)C12C(=O)C(C3=C4CC(=O)OC(c5ccoc5)C4(C)CCC31)C(O)C2(C)C. The highest BCUT2D eigenvalue weighted by Crippen LogP contribution is 2.73. The van der Waals surface area contributed by atoms with Crippen molar-refractivity contribution in [3.63, 3.8) is 0 Å². The summed E-state index contributed by atoms with van der Waals surface area (Å²) < 4.78 is 15.8. The molecule has 1 aliphatic heterocycles. The molecule has 7 atom stereocenters. The number of cyclic esters (lactones) is 1. The lowest BCUT2D eigenvalue weighted by molar-refractivity contribution is -0.179. The Morgan fingerprint density at radius 3 is 2.62 bits per heavy atom. The zero-order valence-electron chi connectivity index (χ0n) is 18.6. The molecule has 3 fully saturated rings. The van der Waals surface area contributed by atoms with Gasteiger partial charge in [-0.3, -0.25) is 9.59 Å². The highest BCUT2D eigenvalue weighted by molar-refractivity contribution is 6.02. The third kappa shape index (κ3) is 2.22. The first-order valence-corrected chi connectivity index (χ1v) is 11.0. The standard InChI is InChI=1S/C24H28O8/c1-22(2)17(26)16-15-12(24(22,18(16)27)19(28)21(29)30-4)5-7-23(3)13(15)9-14(25)32-20(23)11-6-8-31-10-11/h6,8,10,12,16-17,19-20,26,28H,5,7,9H2,1-4H3. The smallest absolute Gasteiger partial charge is 0.335 e. The highest BCUT2D eigenvalue weighted by atomic mass is 16.5. The van der Waals surface area contributed by atoms with Crippen molar-refractivity contribution in [2.75, 3.05) is 7.11 Å². The van der Waals surface area contributed by atoms with E-state index in [1.807, 2.05) is 6.92 Å². The summed E-state index contributed by atoms with van der Waals surface area (Å²) in [5, 5.41) is 22.4. The third-order valence-electron chi connectivity index (χ3n) is 8.91. The molecule has 8 nitrogen and oxygen atoms in total. The number of carbonyl (C=O) groups is 3. The van der Waals surface area contributed by atoms with Gasteiger partial charge in [-0.15, -0.1) is 0 Å². The zero-order chi connectivity index (χ0) is 23.2. The predicted molar refractivity (Wildman–Crippen MR) is 109 cm³/mol. The molecule has 2 saturated carbocycles. The van der Waals surface area contributed by atoms with E-state index in [0.717, 1.165) is 11.1 Å². The number of ether oxygens (including phenoxy) is 2. The van der Waals surface area contributed by atoms with Crippen molar-refractivity contribution in [1.82, 2.24) is 0 Å². The van der Waals surface area contributed by atoms with Crippen molar-refractivity contribution in [1.29, 1.82) is 0 Å². The molecule has 2 bridgehead atoms. The van der Waals surface area contributed by atoms with Crippen LogP contribution in [0.2, 0.25) is 0 Å². The first-order valence-electron chi connectivity index (χ1n) is 11.0. The molecule has 1 aromatic heterocycles. The van der Waals surface area contributed by atoms with E-state index in [1.54, 1.807) is 26.2 Å². The fourth-order valence-electron chi connectivity index (χ4n) is 7.36. The second-order valence-electron chi connectivity index (χ2n) is 10.3. The largest absolute Gasteiger partial charge is 0.472 e. The first-order chi connectivity index (χ1) is 15.0. The first kappa shape index (κ1) is 21.4. The maximum atomic E-state index is 13.8. The molecule has 2 heterocycles. The molecule has 1 aromatic rings. The number of Topliss-reactive ketones (excluding diaryl/α,β-unsaturated/α-hetero) is 1. The summed E-state index contributed by atoms with van der Waals surface area (Å²) in [6.45, 7) is 5.45. The van der Waals surface area contributed by atoms with Gasteiger partial charge in [0.05, 0.1) is 43.5 Å². The van der Waals surface area contributed by atoms with Crippen LogP contribution < -0.4 is 0 Å². The summed E-state index contributed by atoms with van der Waals surface area (Å²) in [4.78, 5) is 39.0. The maximum absolute atomic E-state index is 13.8. The van der Waals surface area contributed by atoms with E-state index in [0.29, 0.717) is 18.4 Å². The lowest BCUT2D eigenvalue weighted by Gasteiger charge is -2.55. The van der Waals surface area contributed by atoms with Gasteiger partial charge in [0.25, 0.3) is 0 Å². The molecule has 172 valence electrons. The zero-order valence-corrected chi connectivity index (χ0v) is 18.6. The molecule has 32 heavy (non-hydrogen) atoms. The second kappa shape index (κ2) is 6.54. The number of fused-ring (bicyclic) bond motifs is 6. The van der Waals surface area contributed by atoms with Gasteiger partial charge < -0.3 is 24.1 Å².